The van der Waals surface area contributed by atoms with Gasteiger partial charge in [0.15, 0.2) is 5.15 Å². The number of hydrogen-bond acceptors (Lipinski definition) is 6. The van der Waals surface area contributed by atoms with Crippen molar-refractivity contribution in [2.75, 3.05) is 46.2 Å². The maximum absolute atomic E-state index is 14.1. The van der Waals surface area contributed by atoms with Gasteiger partial charge in [0.1, 0.15) is 24.2 Å². The first-order valence-electron chi connectivity index (χ1n) is 9.53. The number of nitrogens with zero attached hydrogens (tertiary/aromatic N) is 4. The molecule has 0 bridgehead atoms. The Bertz CT molecular complexity index is 710. The Balaban J connectivity index is 2.88. The Labute approximate surface area is 179 Å². The molecule has 0 saturated carbocycles. The fourth-order valence-corrected chi connectivity index (χ4v) is 2.98. The van der Waals surface area contributed by atoms with Crippen LogP contribution in [-0.2, 0) is 0 Å². The summed E-state index contributed by atoms with van der Waals surface area (Å²) in [6.07, 6.45) is -3.12. The minimum absolute atomic E-state index is 0.167. The molecule has 1 aromatic heterocycles. The van der Waals surface area contributed by atoms with Gasteiger partial charge in [-0.15, -0.1) is 0 Å². The number of anilines is 1. The van der Waals surface area contributed by atoms with E-state index in [1.807, 2.05) is 14.0 Å². The van der Waals surface area contributed by atoms with E-state index >= 15 is 0 Å². The lowest BCUT2D eigenvalue weighted by molar-refractivity contribution is -0.0869. The molecule has 2 unspecified atom stereocenters. The Morgan fingerprint density at radius 1 is 1.37 bits per heavy atom. The molecule has 1 heterocycles. The van der Waals surface area contributed by atoms with Crippen molar-refractivity contribution in [2.24, 2.45) is 4.99 Å². The van der Waals surface area contributed by atoms with Gasteiger partial charge in [0, 0.05) is 20.3 Å². The third-order valence-electron chi connectivity index (χ3n) is 4.58. The van der Waals surface area contributed by atoms with Crippen LogP contribution in [0.2, 0.25) is 5.15 Å². The third kappa shape index (κ3) is 7.35. The van der Waals surface area contributed by atoms with Crippen molar-refractivity contribution < 1.29 is 17.6 Å². The summed E-state index contributed by atoms with van der Waals surface area (Å²) in [5.74, 6) is -0.200. The molecule has 12 heteroatoms. The quantitative estimate of drug-likeness (QED) is 0.333. The van der Waals surface area contributed by atoms with Gasteiger partial charge in [0.05, 0.1) is 17.9 Å². The van der Waals surface area contributed by atoms with E-state index in [1.165, 1.54) is 31.9 Å². The summed E-state index contributed by atoms with van der Waals surface area (Å²) >= 11 is 6.32. The molecule has 0 aromatic carbocycles. The molecule has 0 saturated heterocycles. The van der Waals surface area contributed by atoms with Gasteiger partial charge in [0.2, 0.25) is 0 Å². The van der Waals surface area contributed by atoms with Crippen molar-refractivity contribution in [3.05, 3.63) is 22.7 Å². The second-order valence-corrected chi connectivity index (χ2v) is 7.01. The van der Waals surface area contributed by atoms with Crippen LogP contribution in [-0.4, -0.2) is 74.1 Å². The van der Waals surface area contributed by atoms with E-state index in [0.29, 0.717) is 18.7 Å². The maximum atomic E-state index is 14.1. The first kappa shape index (κ1) is 26.0. The summed E-state index contributed by atoms with van der Waals surface area (Å²) in [7, 11) is 4.68. The van der Waals surface area contributed by atoms with Crippen molar-refractivity contribution >= 4 is 23.5 Å². The first-order valence-corrected chi connectivity index (χ1v) is 9.90. The number of rotatable bonds is 12. The van der Waals surface area contributed by atoms with E-state index in [-0.39, 0.29) is 17.6 Å². The fraction of sp³-hybridized carbons (Fsp3) is 0.667. The molecule has 3 N–H and O–H groups in total. The lowest BCUT2D eigenvalue weighted by Crippen LogP contribution is -2.28. The Kier molecular flexibility index (Phi) is 10.4. The molecule has 1 aromatic rings. The van der Waals surface area contributed by atoms with Crippen LogP contribution in [0.25, 0.3) is 0 Å². The summed E-state index contributed by atoms with van der Waals surface area (Å²) in [6.45, 7) is 4.79. The highest BCUT2D eigenvalue weighted by atomic mass is 35.5. The second-order valence-electron chi connectivity index (χ2n) is 6.66. The SMILES string of the molecule is CCN(C)CCC(C(C)F)n1ncc(NC/N=C\C(=C(NC)NC)C(F)(F)F)c1Cl. The van der Waals surface area contributed by atoms with Crippen molar-refractivity contribution in [3.8, 4) is 0 Å². The summed E-state index contributed by atoms with van der Waals surface area (Å²) in [6, 6.07) is -0.556. The molecule has 1 rings (SSSR count). The number of aromatic nitrogens is 2. The van der Waals surface area contributed by atoms with Crippen LogP contribution in [0.15, 0.2) is 22.6 Å². The fourth-order valence-electron chi connectivity index (χ4n) is 2.70. The average molecular weight is 456 g/mol. The second kappa shape index (κ2) is 12.0. The van der Waals surface area contributed by atoms with Crippen LogP contribution < -0.4 is 16.0 Å². The van der Waals surface area contributed by atoms with E-state index in [0.717, 1.165) is 12.8 Å². The molecule has 0 aliphatic rings. The van der Waals surface area contributed by atoms with Gasteiger partial charge in [-0.3, -0.25) is 4.99 Å². The van der Waals surface area contributed by atoms with E-state index in [4.69, 9.17) is 11.6 Å². The number of halogens is 5. The smallest absolute Gasteiger partial charge is 0.374 e. The topological polar surface area (TPSA) is 69.5 Å². The number of allylic oxidation sites excluding steroid dienone is 1. The van der Waals surface area contributed by atoms with E-state index in [2.05, 4.69) is 30.9 Å². The number of hydrogen-bond donors (Lipinski definition) is 3. The molecule has 0 amide bonds. The maximum Gasteiger partial charge on any atom is 0.421 e. The standard InChI is InChI=1S/C18H30ClF4N7/c1-6-29(5)8-7-15(12(2)20)30-16(19)14(10-28-30)27-11-26-9-13(18(21,22)23)17(24-3)25-4/h9-10,12,15,24-25,27H,6-8,11H2,1-5H3/b26-9-. The molecule has 172 valence electrons. The summed E-state index contributed by atoms with van der Waals surface area (Å²) in [5, 5.41) is 12.0. The Morgan fingerprint density at radius 3 is 2.50 bits per heavy atom. The minimum Gasteiger partial charge on any atom is -0.374 e. The van der Waals surface area contributed by atoms with Crippen LogP contribution in [0.1, 0.15) is 26.3 Å². The molecule has 2 atom stereocenters. The summed E-state index contributed by atoms with van der Waals surface area (Å²) in [5.41, 5.74) is -0.578. The summed E-state index contributed by atoms with van der Waals surface area (Å²) in [4.78, 5) is 5.83. The molecule has 0 fully saturated rings. The number of alkyl halides is 4. The minimum atomic E-state index is -4.58. The van der Waals surface area contributed by atoms with E-state index in [9.17, 15) is 17.6 Å². The lowest BCUT2D eigenvalue weighted by atomic mass is 10.1. The predicted octanol–water partition coefficient (Wildman–Crippen LogP) is 3.43. The van der Waals surface area contributed by atoms with Crippen LogP contribution in [0.3, 0.4) is 0 Å². The largest absolute Gasteiger partial charge is 0.421 e. The Morgan fingerprint density at radius 2 is 2.00 bits per heavy atom. The van der Waals surface area contributed by atoms with Crippen molar-refractivity contribution in [1.82, 2.24) is 25.3 Å². The highest BCUT2D eigenvalue weighted by molar-refractivity contribution is 6.32. The van der Waals surface area contributed by atoms with Crippen LogP contribution in [0, 0.1) is 0 Å². The van der Waals surface area contributed by atoms with Gasteiger partial charge in [-0.25, -0.2) is 9.07 Å². The van der Waals surface area contributed by atoms with Gasteiger partial charge < -0.3 is 20.9 Å². The number of aliphatic imine (C=N–C) groups is 1. The average Bonchev–Trinajstić information content (AvgIpc) is 3.03. The van der Waals surface area contributed by atoms with Gasteiger partial charge in [-0.05, 0) is 33.5 Å². The molecule has 7 nitrogen and oxygen atoms in total. The zero-order valence-electron chi connectivity index (χ0n) is 17.8. The molecule has 0 aliphatic heterocycles. The Hall–Kier alpha value is -2.01. The zero-order chi connectivity index (χ0) is 22.9. The van der Waals surface area contributed by atoms with E-state index in [1.54, 1.807) is 0 Å². The van der Waals surface area contributed by atoms with Gasteiger partial charge in [0.25, 0.3) is 0 Å². The summed E-state index contributed by atoms with van der Waals surface area (Å²) < 4.78 is 55.0. The van der Waals surface area contributed by atoms with Crippen LogP contribution in [0.5, 0.6) is 0 Å². The van der Waals surface area contributed by atoms with Gasteiger partial charge in [-0.1, -0.05) is 18.5 Å². The van der Waals surface area contributed by atoms with Crippen LogP contribution in [0.4, 0.5) is 23.2 Å². The monoisotopic (exact) mass is 455 g/mol. The first-order chi connectivity index (χ1) is 14.1. The van der Waals surface area contributed by atoms with Crippen molar-refractivity contribution in [1.29, 1.82) is 0 Å². The van der Waals surface area contributed by atoms with Crippen LogP contribution >= 0.6 is 11.6 Å². The van der Waals surface area contributed by atoms with Crippen molar-refractivity contribution in [3.63, 3.8) is 0 Å². The molecule has 0 aliphatic carbocycles. The van der Waals surface area contributed by atoms with Gasteiger partial charge >= 0.3 is 6.18 Å². The molecule has 0 radical (unpaired) electrons. The molecule has 0 spiro atoms. The van der Waals surface area contributed by atoms with Crippen molar-refractivity contribution in [2.45, 2.75) is 38.7 Å². The molecular formula is C18H30ClF4N7. The predicted molar refractivity (Wildman–Crippen MR) is 113 cm³/mol. The molecule has 30 heavy (non-hydrogen) atoms. The highest BCUT2D eigenvalue weighted by Crippen LogP contribution is 2.29. The molecular weight excluding hydrogens is 426 g/mol. The van der Waals surface area contributed by atoms with Gasteiger partial charge in [-0.2, -0.15) is 18.3 Å². The zero-order valence-corrected chi connectivity index (χ0v) is 18.6. The normalized spacial score (nSPS) is 14.1. The highest BCUT2D eigenvalue weighted by Gasteiger charge is 2.35. The lowest BCUT2D eigenvalue weighted by Gasteiger charge is -2.23. The number of nitrogens with one attached hydrogen (secondary N) is 3. The third-order valence-corrected chi connectivity index (χ3v) is 4.96. The van der Waals surface area contributed by atoms with E-state index < -0.39 is 24.0 Å².